The molecule has 2 saturated heterocycles. The van der Waals surface area contributed by atoms with Crippen LogP contribution in [0.25, 0.3) is 10.2 Å². The summed E-state index contributed by atoms with van der Waals surface area (Å²) in [4.78, 5) is 9.66. The lowest BCUT2D eigenvalue weighted by Crippen LogP contribution is -2.28. The van der Waals surface area contributed by atoms with Crippen molar-refractivity contribution in [2.75, 3.05) is 33.8 Å². The number of thiazole rings is 1. The Balaban J connectivity index is 1.35. The second-order valence-corrected chi connectivity index (χ2v) is 8.75. The van der Waals surface area contributed by atoms with E-state index in [0.717, 1.165) is 23.7 Å². The maximum absolute atomic E-state index is 5.33. The van der Waals surface area contributed by atoms with Gasteiger partial charge in [-0.2, -0.15) is 0 Å². The second-order valence-electron chi connectivity index (χ2n) is 7.89. The normalized spacial score (nSPS) is 25.9. The average molecular weight is 380 g/mol. The maximum atomic E-state index is 5.33. The van der Waals surface area contributed by atoms with E-state index < -0.39 is 0 Å². The molecule has 2 aromatic carbocycles. The lowest BCUT2D eigenvalue weighted by Gasteiger charge is -2.27. The topological polar surface area (TPSA) is 28.6 Å². The zero-order chi connectivity index (χ0) is 18.4. The largest absolute Gasteiger partial charge is 0.497 e. The van der Waals surface area contributed by atoms with Crippen LogP contribution in [-0.4, -0.2) is 48.6 Å². The fraction of sp³-hybridized carbons (Fsp3) is 0.409. The van der Waals surface area contributed by atoms with Crippen LogP contribution in [0.2, 0.25) is 0 Å². The minimum atomic E-state index is 0.505. The first-order valence-corrected chi connectivity index (χ1v) is 10.5. The van der Waals surface area contributed by atoms with Crippen LogP contribution in [0.5, 0.6) is 5.75 Å². The van der Waals surface area contributed by atoms with E-state index in [-0.39, 0.29) is 0 Å². The zero-order valence-electron chi connectivity index (χ0n) is 15.8. The summed E-state index contributed by atoms with van der Waals surface area (Å²) in [5.41, 5.74) is 5.93. The van der Waals surface area contributed by atoms with E-state index in [1.807, 2.05) is 5.51 Å². The number of methoxy groups -OCH3 is 1. The fourth-order valence-electron chi connectivity index (χ4n) is 5.09. The van der Waals surface area contributed by atoms with Crippen molar-refractivity contribution in [2.24, 2.45) is 11.8 Å². The molecule has 0 N–H and O–H groups in total. The van der Waals surface area contributed by atoms with Gasteiger partial charge >= 0.3 is 0 Å². The Bertz CT molecular complexity index is 938. The highest BCUT2D eigenvalue weighted by Crippen LogP contribution is 2.44. The number of hydrogen-bond acceptors (Lipinski definition) is 5. The van der Waals surface area contributed by atoms with Crippen LogP contribution >= 0.6 is 11.3 Å². The molecule has 140 valence electrons. The molecular weight excluding hydrogens is 354 g/mol. The summed E-state index contributed by atoms with van der Waals surface area (Å²) in [6.07, 6.45) is 0. The van der Waals surface area contributed by atoms with Gasteiger partial charge < -0.3 is 4.74 Å². The third kappa shape index (κ3) is 3.04. The number of likely N-dealkylation sites (tertiary alicyclic amines) is 2. The van der Waals surface area contributed by atoms with Crippen molar-refractivity contribution in [1.82, 2.24) is 14.8 Å². The Hall–Kier alpha value is -1.95. The van der Waals surface area contributed by atoms with Crippen LogP contribution in [-0.2, 0) is 6.54 Å². The molecule has 0 spiro atoms. The van der Waals surface area contributed by atoms with E-state index in [4.69, 9.17) is 4.74 Å². The highest BCUT2D eigenvalue weighted by molar-refractivity contribution is 7.16. The van der Waals surface area contributed by atoms with E-state index in [1.54, 1.807) is 18.4 Å². The van der Waals surface area contributed by atoms with Gasteiger partial charge in [0.2, 0.25) is 0 Å². The average Bonchev–Trinajstić information content (AvgIpc) is 3.36. The van der Waals surface area contributed by atoms with E-state index in [9.17, 15) is 0 Å². The monoisotopic (exact) mass is 379 g/mol. The van der Waals surface area contributed by atoms with E-state index in [0.29, 0.717) is 12.0 Å². The van der Waals surface area contributed by atoms with Gasteiger partial charge in [0, 0.05) is 32.2 Å². The lowest BCUT2D eigenvalue weighted by atomic mass is 9.89. The van der Waals surface area contributed by atoms with Crippen molar-refractivity contribution in [2.45, 2.75) is 12.6 Å². The summed E-state index contributed by atoms with van der Waals surface area (Å²) in [7, 11) is 4.00. The molecule has 2 aliphatic rings. The first-order valence-electron chi connectivity index (χ1n) is 9.60. The highest BCUT2D eigenvalue weighted by Gasteiger charge is 2.45. The molecule has 0 radical (unpaired) electrons. The first-order chi connectivity index (χ1) is 13.2. The van der Waals surface area contributed by atoms with Crippen LogP contribution in [0, 0.1) is 11.8 Å². The molecule has 2 aliphatic heterocycles. The van der Waals surface area contributed by atoms with Gasteiger partial charge in [-0.15, -0.1) is 11.3 Å². The number of ether oxygens (including phenoxy) is 1. The molecule has 0 bridgehead atoms. The molecule has 3 aromatic rings. The highest BCUT2D eigenvalue weighted by atomic mass is 32.1. The number of fused-ring (bicyclic) bond motifs is 2. The SMILES string of the molecule is COc1ccc([C@@H]2[C@@H]3CN(Cc4cccc5ncsc45)C[C@@H]3CN2C)cc1. The second kappa shape index (κ2) is 6.89. The van der Waals surface area contributed by atoms with Gasteiger partial charge in [-0.05, 0) is 48.2 Å². The molecule has 0 unspecified atom stereocenters. The summed E-state index contributed by atoms with van der Waals surface area (Å²) >= 11 is 1.76. The summed E-state index contributed by atoms with van der Waals surface area (Å²) in [5.74, 6) is 2.38. The molecular formula is C22H25N3OS. The van der Waals surface area contributed by atoms with Crippen molar-refractivity contribution in [3.8, 4) is 5.75 Å². The Morgan fingerprint density at radius 2 is 1.96 bits per heavy atom. The lowest BCUT2D eigenvalue weighted by molar-refractivity contribution is 0.225. The number of nitrogens with zero attached hydrogens (tertiary/aromatic N) is 3. The predicted octanol–water partition coefficient (Wildman–Crippen LogP) is 4.04. The fourth-order valence-corrected chi connectivity index (χ4v) is 5.89. The first kappa shape index (κ1) is 17.2. The summed E-state index contributed by atoms with van der Waals surface area (Å²) in [5, 5.41) is 0. The summed E-state index contributed by atoms with van der Waals surface area (Å²) < 4.78 is 6.68. The Labute approximate surface area is 164 Å². The van der Waals surface area contributed by atoms with Crippen molar-refractivity contribution < 1.29 is 4.74 Å². The Kier molecular flexibility index (Phi) is 4.38. The standard InChI is InChI=1S/C22H25N3OS/c1-24-10-17-12-25(11-16-4-3-5-20-22(16)27-14-23-20)13-19(17)21(24)15-6-8-18(26-2)9-7-15/h3-9,14,17,19,21H,10-13H2,1-2H3/t17-,19+,21+/m0/s1. The Morgan fingerprint density at radius 1 is 1.11 bits per heavy atom. The molecule has 5 rings (SSSR count). The van der Waals surface area contributed by atoms with Gasteiger partial charge in [-0.1, -0.05) is 24.3 Å². The van der Waals surface area contributed by atoms with Crippen molar-refractivity contribution >= 4 is 21.6 Å². The molecule has 5 heteroatoms. The molecule has 0 saturated carbocycles. The molecule has 0 amide bonds. The van der Waals surface area contributed by atoms with Gasteiger partial charge in [0.15, 0.2) is 0 Å². The van der Waals surface area contributed by atoms with Crippen LogP contribution in [0.15, 0.2) is 48.0 Å². The molecule has 27 heavy (non-hydrogen) atoms. The van der Waals surface area contributed by atoms with Gasteiger partial charge in [0.05, 0.1) is 22.8 Å². The zero-order valence-corrected chi connectivity index (χ0v) is 16.7. The van der Waals surface area contributed by atoms with Crippen LogP contribution in [0.4, 0.5) is 0 Å². The summed E-state index contributed by atoms with van der Waals surface area (Å²) in [6, 6.07) is 15.7. The molecule has 2 fully saturated rings. The van der Waals surface area contributed by atoms with Crippen molar-refractivity contribution in [3.63, 3.8) is 0 Å². The number of aromatic nitrogens is 1. The molecule has 4 nitrogen and oxygen atoms in total. The summed E-state index contributed by atoms with van der Waals surface area (Å²) in [6.45, 7) is 4.58. The number of rotatable bonds is 4. The quantitative estimate of drug-likeness (QED) is 0.684. The van der Waals surface area contributed by atoms with E-state index >= 15 is 0 Å². The van der Waals surface area contributed by atoms with Crippen LogP contribution in [0.3, 0.4) is 0 Å². The maximum Gasteiger partial charge on any atom is 0.118 e. The Morgan fingerprint density at radius 3 is 2.78 bits per heavy atom. The minimum absolute atomic E-state index is 0.505. The number of benzene rings is 2. The minimum Gasteiger partial charge on any atom is -0.497 e. The van der Waals surface area contributed by atoms with Gasteiger partial charge in [0.25, 0.3) is 0 Å². The van der Waals surface area contributed by atoms with Gasteiger partial charge in [-0.3, -0.25) is 9.80 Å². The van der Waals surface area contributed by atoms with Crippen LogP contribution < -0.4 is 4.74 Å². The van der Waals surface area contributed by atoms with E-state index in [2.05, 4.69) is 64.3 Å². The van der Waals surface area contributed by atoms with Crippen LogP contribution in [0.1, 0.15) is 17.2 Å². The number of hydrogen-bond donors (Lipinski definition) is 0. The van der Waals surface area contributed by atoms with Crippen molar-refractivity contribution in [3.05, 3.63) is 59.1 Å². The third-order valence-corrected chi connectivity index (χ3v) is 7.18. The smallest absolute Gasteiger partial charge is 0.118 e. The van der Waals surface area contributed by atoms with E-state index in [1.165, 1.54) is 35.5 Å². The van der Waals surface area contributed by atoms with Gasteiger partial charge in [-0.25, -0.2) is 4.98 Å². The molecule has 3 heterocycles. The van der Waals surface area contributed by atoms with Gasteiger partial charge in [0.1, 0.15) is 5.75 Å². The third-order valence-electron chi connectivity index (χ3n) is 6.26. The molecule has 0 aliphatic carbocycles. The predicted molar refractivity (Wildman–Crippen MR) is 110 cm³/mol. The molecule has 3 atom stereocenters. The van der Waals surface area contributed by atoms with Crippen molar-refractivity contribution in [1.29, 1.82) is 0 Å². The molecule has 1 aromatic heterocycles.